The summed E-state index contributed by atoms with van der Waals surface area (Å²) in [6.45, 7) is 3.36. The molecule has 23 heavy (non-hydrogen) atoms. The first-order valence-corrected chi connectivity index (χ1v) is 8.45. The van der Waals surface area contributed by atoms with E-state index in [1.165, 1.54) is 5.56 Å². The van der Waals surface area contributed by atoms with Crippen LogP contribution in [0.5, 0.6) is 0 Å². The van der Waals surface area contributed by atoms with Crippen molar-refractivity contribution in [3.63, 3.8) is 0 Å². The van der Waals surface area contributed by atoms with Gasteiger partial charge in [0, 0.05) is 37.2 Å². The molecule has 4 nitrogen and oxygen atoms in total. The molecule has 1 aromatic carbocycles. The first kappa shape index (κ1) is 14.9. The average Bonchev–Trinajstić information content (AvgIpc) is 2.80. The zero-order valence-electron chi connectivity index (χ0n) is 13.6. The summed E-state index contributed by atoms with van der Waals surface area (Å²) >= 11 is 6.48. The Labute approximate surface area is 142 Å². The van der Waals surface area contributed by atoms with E-state index < -0.39 is 0 Å². The van der Waals surface area contributed by atoms with Gasteiger partial charge in [0.2, 0.25) is 0 Å². The van der Waals surface area contributed by atoms with E-state index in [2.05, 4.69) is 71.1 Å². The zero-order valence-corrected chi connectivity index (χ0v) is 14.4. The lowest BCUT2D eigenvalue weighted by molar-refractivity contribution is 0.221. The van der Waals surface area contributed by atoms with Gasteiger partial charge in [0.25, 0.3) is 0 Å². The highest BCUT2D eigenvalue weighted by Gasteiger charge is 2.50. The summed E-state index contributed by atoms with van der Waals surface area (Å²) in [6.07, 6.45) is 1.56. The van der Waals surface area contributed by atoms with Crippen molar-refractivity contribution >= 4 is 17.4 Å². The molecule has 0 amide bonds. The predicted molar refractivity (Wildman–Crippen MR) is 92.7 cm³/mol. The lowest BCUT2D eigenvalue weighted by Crippen LogP contribution is -2.38. The molecular formula is C18H21ClN4. The van der Waals surface area contributed by atoms with Crippen LogP contribution in [0.1, 0.15) is 30.1 Å². The minimum atomic E-state index is 0.273. The lowest BCUT2D eigenvalue weighted by Gasteiger charge is -2.38. The molecule has 2 aliphatic heterocycles. The van der Waals surface area contributed by atoms with Crippen LogP contribution in [0.3, 0.4) is 0 Å². The normalized spacial score (nSPS) is 30.2. The van der Waals surface area contributed by atoms with Crippen molar-refractivity contribution in [3.05, 3.63) is 52.9 Å². The van der Waals surface area contributed by atoms with Crippen LogP contribution < -0.4 is 4.90 Å². The molecule has 1 saturated heterocycles. The predicted octanol–water partition coefficient (Wildman–Crippen LogP) is 3.56. The molecule has 0 bridgehead atoms. The van der Waals surface area contributed by atoms with Crippen LogP contribution in [0.2, 0.25) is 5.15 Å². The van der Waals surface area contributed by atoms with Crippen LogP contribution in [0.4, 0.5) is 5.82 Å². The van der Waals surface area contributed by atoms with Gasteiger partial charge in [-0.15, -0.1) is 0 Å². The first-order chi connectivity index (χ1) is 11.1. The van der Waals surface area contributed by atoms with Crippen molar-refractivity contribution in [1.29, 1.82) is 0 Å². The Hall–Kier alpha value is -1.65. The van der Waals surface area contributed by atoms with E-state index in [0.717, 1.165) is 17.9 Å². The molecule has 0 N–H and O–H groups in total. The van der Waals surface area contributed by atoms with Gasteiger partial charge in [-0.1, -0.05) is 48.9 Å². The number of anilines is 1. The molecule has 5 heteroatoms. The molecule has 4 atom stereocenters. The van der Waals surface area contributed by atoms with Crippen molar-refractivity contribution in [1.82, 2.24) is 14.9 Å². The van der Waals surface area contributed by atoms with E-state index >= 15 is 0 Å². The highest BCUT2D eigenvalue weighted by molar-refractivity contribution is 6.30. The highest BCUT2D eigenvalue weighted by Crippen LogP contribution is 2.55. The Morgan fingerprint density at radius 3 is 2.57 bits per heavy atom. The van der Waals surface area contributed by atoms with Gasteiger partial charge in [-0.3, -0.25) is 4.90 Å². The molecule has 1 aromatic heterocycles. The number of rotatable bonds is 1. The molecule has 2 aromatic rings. The van der Waals surface area contributed by atoms with Gasteiger partial charge in [-0.25, -0.2) is 9.97 Å². The van der Waals surface area contributed by atoms with E-state index in [4.69, 9.17) is 11.6 Å². The van der Waals surface area contributed by atoms with Gasteiger partial charge in [-0.05, 0) is 18.5 Å². The Morgan fingerprint density at radius 2 is 1.83 bits per heavy atom. The second-order valence-electron chi connectivity index (χ2n) is 6.77. The third-order valence-electron chi connectivity index (χ3n) is 5.55. The van der Waals surface area contributed by atoms with Crippen LogP contribution >= 0.6 is 11.6 Å². The maximum atomic E-state index is 6.48. The highest BCUT2D eigenvalue weighted by atomic mass is 35.5. The Kier molecular flexibility index (Phi) is 3.54. The summed E-state index contributed by atoms with van der Waals surface area (Å²) in [4.78, 5) is 13.4. The second kappa shape index (κ2) is 5.46. The number of halogens is 1. The number of hydrogen-bond donors (Lipinski definition) is 0. The smallest absolute Gasteiger partial charge is 0.139 e. The standard InChI is InChI=1S/C18H21ClN4/c1-11-13-9-22(2)18-14(17(19)20-10-21-18)16(13)23(3)15(11)12-7-5-4-6-8-12/h4-8,10-11,13,15-16H,9H2,1-3H3/t11-,13-,15+,16+/m0/s1. The first-order valence-electron chi connectivity index (χ1n) is 8.08. The maximum absolute atomic E-state index is 6.48. The van der Waals surface area contributed by atoms with Gasteiger partial charge in [0.05, 0.1) is 0 Å². The van der Waals surface area contributed by atoms with Crippen molar-refractivity contribution in [2.75, 3.05) is 25.5 Å². The molecule has 0 unspecified atom stereocenters. The van der Waals surface area contributed by atoms with Crippen molar-refractivity contribution in [2.45, 2.75) is 19.0 Å². The Bertz CT molecular complexity index is 720. The number of likely N-dealkylation sites (tertiary alicyclic amines) is 1. The van der Waals surface area contributed by atoms with Crippen molar-refractivity contribution < 1.29 is 0 Å². The largest absolute Gasteiger partial charge is 0.359 e. The monoisotopic (exact) mass is 328 g/mol. The molecular weight excluding hydrogens is 308 g/mol. The summed E-state index contributed by atoms with van der Waals surface area (Å²) in [5.74, 6) is 2.03. The number of benzene rings is 1. The minimum Gasteiger partial charge on any atom is -0.359 e. The maximum Gasteiger partial charge on any atom is 0.139 e. The third kappa shape index (κ3) is 2.16. The topological polar surface area (TPSA) is 32.3 Å². The van der Waals surface area contributed by atoms with Gasteiger partial charge in [-0.2, -0.15) is 0 Å². The van der Waals surface area contributed by atoms with E-state index in [1.54, 1.807) is 6.33 Å². The van der Waals surface area contributed by atoms with E-state index in [0.29, 0.717) is 23.0 Å². The fourth-order valence-corrected chi connectivity index (χ4v) is 4.81. The van der Waals surface area contributed by atoms with Crippen LogP contribution in [-0.4, -0.2) is 35.5 Å². The second-order valence-corrected chi connectivity index (χ2v) is 7.13. The number of fused-ring (bicyclic) bond motifs is 3. The minimum absolute atomic E-state index is 0.273. The quantitative estimate of drug-likeness (QED) is 0.749. The number of nitrogens with zero attached hydrogens (tertiary/aromatic N) is 4. The SMILES string of the molecule is C[C@H]1[C@@H]2CN(C)c3ncnc(Cl)c3[C@@H]2N(C)[C@H]1c1ccccc1. The summed E-state index contributed by atoms with van der Waals surface area (Å²) in [5.41, 5.74) is 2.45. The van der Waals surface area contributed by atoms with Crippen LogP contribution in [0.25, 0.3) is 0 Å². The fraction of sp³-hybridized carbons (Fsp3) is 0.444. The molecule has 0 aliphatic carbocycles. The summed E-state index contributed by atoms with van der Waals surface area (Å²) in [7, 11) is 4.30. The Balaban J connectivity index is 1.82. The number of aromatic nitrogens is 2. The molecule has 2 aliphatic rings. The van der Waals surface area contributed by atoms with E-state index in [1.807, 2.05) is 0 Å². The molecule has 1 fully saturated rings. The average molecular weight is 329 g/mol. The Morgan fingerprint density at radius 1 is 1.09 bits per heavy atom. The summed E-state index contributed by atoms with van der Waals surface area (Å²) in [6, 6.07) is 11.4. The fourth-order valence-electron chi connectivity index (χ4n) is 4.57. The van der Waals surface area contributed by atoms with Crippen LogP contribution in [-0.2, 0) is 0 Å². The molecule has 3 heterocycles. The number of hydrogen-bond acceptors (Lipinski definition) is 4. The molecule has 0 saturated carbocycles. The van der Waals surface area contributed by atoms with Crippen LogP contribution in [0.15, 0.2) is 36.7 Å². The van der Waals surface area contributed by atoms with E-state index in [9.17, 15) is 0 Å². The summed E-state index contributed by atoms with van der Waals surface area (Å²) < 4.78 is 0. The lowest BCUT2D eigenvalue weighted by atomic mass is 9.82. The van der Waals surface area contributed by atoms with Gasteiger partial charge >= 0.3 is 0 Å². The summed E-state index contributed by atoms with van der Waals surface area (Å²) in [5, 5.41) is 0.587. The molecule has 0 spiro atoms. The molecule has 4 rings (SSSR count). The zero-order chi connectivity index (χ0) is 16.1. The third-order valence-corrected chi connectivity index (χ3v) is 5.86. The van der Waals surface area contributed by atoms with Gasteiger partial charge in [0.15, 0.2) is 0 Å². The van der Waals surface area contributed by atoms with Crippen LogP contribution in [0, 0.1) is 11.8 Å². The van der Waals surface area contributed by atoms with E-state index in [-0.39, 0.29) is 6.04 Å². The molecule has 120 valence electrons. The van der Waals surface area contributed by atoms with Crippen molar-refractivity contribution in [2.24, 2.45) is 11.8 Å². The van der Waals surface area contributed by atoms with Gasteiger partial charge < -0.3 is 4.90 Å². The molecule has 0 radical (unpaired) electrons. The van der Waals surface area contributed by atoms with Crippen molar-refractivity contribution in [3.8, 4) is 0 Å². The van der Waals surface area contributed by atoms with Gasteiger partial charge in [0.1, 0.15) is 17.3 Å².